The summed E-state index contributed by atoms with van der Waals surface area (Å²) in [6.07, 6.45) is 27.2. The fourth-order valence-electron chi connectivity index (χ4n) is 4.91. The fraction of sp³-hybridized carbons (Fsp3) is 1.00. The molecule has 0 spiro atoms. The van der Waals surface area contributed by atoms with Gasteiger partial charge < -0.3 is 10.1 Å². The van der Waals surface area contributed by atoms with Crippen molar-refractivity contribution in [2.45, 2.75) is 140 Å². The van der Waals surface area contributed by atoms with Gasteiger partial charge in [0.2, 0.25) is 0 Å². The second kappa shape index (κ2) is 14.0. The molecule has 25 heavy (non-hydrogen) atoms. The van der Waals surface area contributed by atoms with Crippen molar-refractivity contribution in [3.63, 3.8) is 0 Å². The van der Waals surface area contributed by atoms with Gasteiger partial charge in [-0.2, -0.15) is 0 Å². The molecule has 2 aliphatic rings. The summed E-state index contributed by atoms with van der Waals surface area (Å²) >= 11 is 0. The van der Waals surface area contributed by atoms with E-state index in [1.54, 1.807) is 0 Å². The van der Waals surface area contributed by atoms with E-state index in [9.17, 15) is 0 Å². The Labute approximate surface area is 157 Å². The summed E-state index contributed by atoms with van der Waals surface area (Å²) in [4.78, 5) is 0. The van der Waals surface area contributed by atoms with Crippen LogP contribution in [0.2, 0.25) is 0 Å². The summed E-state index contributed by atoms with van der Waals surface area (Å²) < 4.78 is 5.98. The van der Waals surface area contributed by atoms with Crippen LogP contribution in [0.25, 0.3) is 0 Å². The van der Waals surface area contributed by atoms with Gasteiger partial charge in [0.05, 0.1) is 6.10 Å². The lowest BCUT2D eigenvalue weighted by Gasteiger charge is -2.32. The summed E-state index contributed by atoms with van der Waals surface area (Å²) in [5.74, 6) is 0. The normalized spacial score (nSPS) is 30.1. The van der Waals surface area contributed by atoms with E-state index < -0.39 is 0 Å². The van der Waals surface area contributed by atoms with Crippen LogP contribution in [0.1, 0.15) is 122 Å². The number of rotatable bonds is 3. The van der Waals surface area contributed by atoms with Crippen molar-refractivity contribution in [3.8, 4) is 0 Å². The van der Waals surface area contributed by atoms with E-state index in [0.717, 1.165) is 6.04 Å². The smallest absolute Gasteiger partial charge is 0.0724 e. The Hall–Kier alpha value is -0.0800. The van der Waals surface area contributed by atoms with Gasteiger partial charge in [0.25, 0.3) is 0 Å². The van der Waals surface area contributed by atoms with Crippen molar-refractivity contribution in [1.82, 2.24) is 5.32 Å². The lowest BCUT2D eigenvalue weighted by Crippen LogP contribution is -2.46. The molecule has 2 nitrogen and oxygen atoms in total. The third-order valence-corrected chi connectivity index (χ3v) is 6.56. The minimum absolute atomic E-state index is 0.427. The Morgan fingerprint density at radius 1 is 0.520 bits per heavy atom. The van der Waals surface area contributed by atoms with E-state index in [2.05, 4.69) is 5.32 Å². The Morgan fingerprint density at radius 2 is 0.920 bits per heavy atom. The lowest BCUT2D eigenvalue weighted by molar-refractivity contribution is 0.0507. The van der Waals surface area contributed by atoms with Gasteiger partial charge in [-0.05, 0) is 25.7 Å². The summed E-state index contributed by atoms with van der Waals surface area (Å²) in [7, 11) is 1.94. The Balaban J connectivity index is 1.89. The van der Waals surface area contributed by atoms with E-state index in [1.807, 2.05) is 7.11 Å². The molecule has 2 atom stereocenters. The third-order valence-electron chi connectivity index (χ3n) is 6.56. The first kappa shape index (κ1) is 21.2. The molecule has 2 aliphatic carbocycles. The molecular formula is C23H45NO. The molecular weight excluding hydrogens is 306 g/mol. The van der Waals surface area contributed by atoms with Crippen LogP contribution in [0.3, 0.4) is 0 Å². The van der Waals surface area contributed by atoms with Crippen LogP contribution in [-0.2, 0) is 4.74 Å². The van der Waals surface area contributed by atoms with E-state index in [4.69, 9.17) is 4.74 Å². The number of nitrogens with one attached hydrogen (secondary N) is 1. The molecule has 2 saturated carbocycles. The Morgan fingerprint density at radius 3 is 1.40 bits per heavy atom. The van der Waals surface area contributed by atoms with E-state index in [1.165, 1.54) is 122 Å². The SMILES string of the molecule is COC1CCCCCCCCCC1NC1CCCCCCCCCC1. The molecule has 148 valence electrons. The van der Waals surface area contributed by atoms with Crippen molar-refractivity contribution in [3.05, 3.63) is 0 Å². The monoisotopic (exact) mass is 351 g/mol. The summed E-state index contributed by atoms with van der Waals surface area (Å²) in [6.45, 7) is 0. The first-order valence-corrected chi connectivity index (χ1v) is 11.7. The molecule has 0 aromatic heterocycles. The van der Waals surface area contributed by atoms with Gasteiger partial charge in [-0.25, -0.2) is 0 Å². The highest BCUT2D eigenvalue weighted by molar-refractivity contribution is 4.82. The predicted molar refractivity (Wildman–Crippen MR) is 109 cm³/mol. The molecule has 2 unspecified atom stereocenters. The predicted octanol–water partition coefficient (Wildman–Crippen LogP) is 6.77. The van der Waals surface area contributed by atoms with Crippen LogP contribution in [0.15, 0.2) is 0 Å². The first-order valence-electron chi connectivity index (χ1n) is 11.7. The van der Waals surface area contributed by atoms with Crippen LogP contribution in [0, 0.1) is 0 Å². The van der Waals surface area contributed by atoms with Crippen LogP contribution in [-0.4, -0.2) is 25.3 Å². The molecule has 0 aromatic carbocycles. The van der Waals surface area contributed by atoms with Gasteiger partial charge in [-0.15, -0.1) is 0 Å². The first-order chi connectivity index (χ1) is 12.4. The van der Waals surface area contributed by atoms with Crippen LogP contribution in [0.5, 0.6) is 0 Å². The highest BCUT2D eigenvalue weighted by atomic mass is 16.5. The molecule has 0 amide bonds. The van der Waals surface area contributed by atoms with Crippen molar-refractivity contribution in [2.75, 3.05) is 7.11 Å². The standard InChI is InChI=1S/C23H45NO/c1-25-23-20-16-12-8-4-7-11-15-19-22(23)24-21-17-13-9-5-2-3-6-10-14-18-21/h21-24H,2-20H2,1H3. The number of ether oxygens (including phenoxy) is 1. The molecule has 0 aliphatic heterocycles. The number of hydrogen-bond donors (Lipinski definition) is 1. The summed E-state index contributed by atoms with van der Waals surface area (Å²) in [5, 5.41) is 4.11. The van der Waals surface area contributed by atoms with E-state index in [0.29, 0.717) is 12.1 Å². The fourth-order valence-corrected chi connectivity index (χ4v) is 4.91. The van der Waals surface area contributed by atoms with Crippen molar-refractivity contribution in [1.29, 1.82) is 0 Å². The van der Waals surface area contributed by atoms with Crippen molar-refractivity contribution in [2.24, 2.45) is 0 Å². The maximum atomic E-state index is 5.98. The zero-order valence-electron chi connectivity index (χ0n) is 17.1. The lowest BCUT2D eigenvalue weighted by atomic mass is 9.95. The summed E-state index contributed by atoms with van der Waals surface area (Å²) in [6, 6.07) is 1.31. The Bertz CT molecular complexity index is 294. The zero-order valence-corrected chi connectivity index (χ0v) is 17.1. The van der Waals surface area contributed by atoms with Crippen LogP contribution in [0.4, 0.5) is 0 Å². The zero-order chi connectivity index (χ0) is 17.6. The van der Waals surface area contributed by atoms with Gasteiger partial charge in [0.15, 0.2) is 0 Å². The van der Waals surface area contributed by atoms with Gasteiger partial charge in [0.1, 0.15) is 0 Å². The largest absolute Gasteiger partial charge is 0.380 e. The minimum Gasteiger partial charge on any atom is -0.380 e. The molecule has 0 heterocycles. The molecule has 2 heteroatoms. The second-order valence-electron chi connectivity index (χ2n) is 8.70. The van der Waals surface area contributed by atoms with E-state index >= 15 is 0 Å². The van der Waals surface area contributed by atoms with Crippen molar-refractivity contribution >= 4 is 0 Å². The molecule has 1 N–H and O–H groups in total. The highest BCUT2D eigenvalue weighted by Gasteiger charge is 2.24. The molecule has 2 fully saturated rings. The third kappa shape index (κ3) is 9.43. The average Bonchev–Trinajstić information content (AvgIpc) is 2.72. The van der Waals surface area contributed by atoms with Gasteiger partial charge in [0, 0.05) is 19.2 Å². The molecule has 2 rings (SSSR count). The molecule has 0 aromatic rings. The average molecular weight is 352 g/mol. The maximum Gasteiger partial charge on any atom is 0.0724 e. The van der Waals surface area contributed by atoms with E-state index in [-0.39, 0.29) is 0 Å². The highest BCUT2D eigenvalue weighted by Crippen LogP contribution is 2.22. The van der Waals surface area contributed by atoms with Gasteiger partial charge in [-0.1, -0.05) is 96.3 Å². The maximum absolute atomic E-state index is 5.98. The Kier molecular flexibility index (Phi) is 11.9. The van der Waals surface area contributed by atoms with Gasteiger partial charge >= 0.3 is 0 Å². The van der Waals surface area contributed by atoms with Crippen LogP contribution < -0.4 is 5.32 Å². The quantitative estimate of drug-likeness (QED) is 0.606. The number of methoxy groups -OCH3 is 1. The second-order valence-corrected chi connectivity index (χ2v) is 8.70. The molecule has 0 bridgehead atoms. The molecule has 0 saturated heterocycles. The van der Waals surface area contributed by atoms with Crippen LogP contribution >= 0.6 is 0 Å². The minimum atomic E-state index is 0.427. The summed E-state index contributed by atoms with van der Waals surface area (Å²) in [5.41, 5.74) is 0. The molecule has 0 radical (unpaired) electrons. The number of hydrogen-bond acceptors (Lipinski definition) is 2. The van der Waals surface area contributed by atoms with Gasteiger partial charge in [-0.3, -0.25) is 0 Å². The van der Waals surface area contributed by atoms with Crippen molar-refractivity contribution < 1.29 is 4.74 Å². The topological polar surface area (TPSA) is 21.3 Å².